The zero-order valence-electron chi connectivity index (χ0n) is 15.1. The van der Waals surface area contributed by atoms with E-state index in [-0.39, 0.29) is 5.56 Å². The van der Waals surface area contributed by atoms with Crippen LogP contribution in [-0.4, -0.2) is 20.7 Å². The van der Waals surface area contributed by atoms with Crippen molar-refractivity contribution in [2.24, 2.45) is 5.73 Å². The van der Waals surface area contributed by atoms with Gasteiger partial charge in [0.15, 0.2) is 0 Å². The van der Waals surface area contributed by atoms with E-state index in [1.54, 1.807) is 10.6 Å². The zero-order chi connectivity index (χ0) is 18.8. The lowest BCUT2D eigenvalue weighted by molar-refractivity contribution is 0.671. The quantitative estimate of drug-likeness (QED) is 0.536. The molecule has 5 nitrogen and oxygen atoms in total. The Kier molecular flexibility index (Phi) is 4.60. The van der Waals surface area contributed by atoms with E-state index in [0.29, 0.717) is 18.8 Å². The number of fused-ring (bicyclic) bond motifs is 2. The second-order valence-electron chi connectivity index (χ2n) is 6.55. The third-order valence-electron chi connectivity index (χ3n) is 4.81. The van der Waals surface area contributed by atoms with Crippen molar-refractivity contribution in [3.8, 4) is 11.3 Å². The number of benzene rings is 2. The summed E-state index contributed by atoms with van der Waals surface area (Å²) in [4.78, 5) is 18.0. The lowest BCUT2D eigenvalue weighted by Crippen LogP contribution is -2.23. The molecule has 0 spiro atoms. The van der Waals surface area contributed by atoms with Crippen molar-refractivity contribution in [2.45, 2.75) is 19.5 Å². The Labute approximate surface area is 157 Å². The van der Waals surface area contributed by atoms with Gasteiger partial charge in [-0.15, -0.1) is 6.58 Å². The molecule has 0 aliphatic carbocycles. The van der Waals surface area contributed by atoms with Gasteiger partial charge in [0.2, 0.25) is 0 Å². The van der Waals surface area contributed by atoms with E-state index in [1.165, 1.54) is 0 Å². The molecule has 2 heterocycles. The predicted octanol–water partition coefficient (Wildman–Crippen LogP) is 3.55. The molecule has 0 saturated heterocycles. The maximum absolute atomic E-state index is 13.3. The van der Waals surface area contributed by atoms with Crippen molar-refractivity contribution >= 4 is 21.9 Å². The summed E-state index contributed by atoms with van der Waals surface area (Å²) in [5, 5.41) is 1.03. The third kappa shape index (κ3) is 2.96. The first-order valence-corrected chi connectivity index (χ1v) is 9.13. The molecule has 5 heteroatoms. The molecule has 0 radical (unpaired) electrons. The molecule has 0 aliphatic heterocycles. The minimum atomic E-state index is -0.102. The van der Waals surface area contributed by atoms with E-state index in [1.807, 2.05) is 48.7 Å². The maximum atomic E-state index is 13.3. The van der Waals surface area contributed by atoms with Gasteiger partial charge in [0, 0.05) is 35.8 Å². The van der Waals surface area contributed by atoms with Crippen molar-refractivity contribution in [3.63, 3.8) is 0 Å². The van der Waals surface area contributed by atoms with E-state index >= 15 is 0 Å². The number of para-hydroxylation sites is 3. The van der Waals surface area contributed by atoms with Gasteiger partial charge in [0.05, 0.1) is 11.0 Å². The fraction of sp³-hybridized carbons (Fsp3) is 0.182. The topological polar surface area (TPSA) is 65.8 Å². The molecule has 0 aliphatic rings. The van der Waals surface area contributed by atoms with E-state index in [0.717, 1.165) is 40.5 Å². The summed E-state index contributed by atoms with van der Waals surface area (Å²) in [5.41, 5.74) is 9.62. The van der Waals surface area contributed by atoms with Crippen LogP contribution >= 0.6 is 0 Å². The van der Waals surface area contributed by atoms with E-state index in [2.05, 4.69) is 17.2 Å². The normalized spacial score (nSPS) is 11.3. The largest absolute Gasteiger partial charge is 0.347 e. The van der Waals surface area contributed by atoms with Crippen LogP contribution in [0.15, 0.2) is 72.2 Å². The van der Waals surface area contributed by atoms with Crippen molar-refractivity contribution in [1.82, 2.24) is 14.1 Å². The van der Waals surface area contributed by atoms with Crippen molar-refractivity contribution < 1.29 is 0 Å². The minimum Gasteiger partial charge on any atom is -0.347 e. The molecule has 0 bridgehead atoms. The van der Waals surface area contributed by atoms with Crippen LogP contribution in [0.2, 0.25) is 0 Å². The molecule has 2 aromatic carbocycles. The van der Waals surface area contributed by atoms with Crippen molar-refractivity contribution in [1.29, 1.82) is 0 Å². The molecular weight excluding hydrogens is 336 g/mol. The highest BCUT2D eigenvalue weighted by Crippen LogP contribution is 2.29. The van der Waals surface area contributed by atoms with Gasteiger partial charge >= 0.3 is 0 Å². The number of hydrogen-bond donors (Lipinski definition) is 1. The zero-order valence-corrected chi connectivity index (χ0v) is 15.1. The van der Waals surface area contributed by atoms with Crippen LogP contribution in [-0.2, 0) is 13.1 Å². The number of aromatic nitrogens is 3. The average Bonchev–Trinajstić information content (AvgIpc) is 3.07. The minimum absolute atomic E-state index is 0.102. The van der Waals surface area contributed by atoms with E-state index < -0.39 is 0 Å². The van der Waals surface area contributed by atoms with Crippen LogP contribution in [0, 0.1) is 0 Å². The monoisotopic (exact) mass is 358 g/mol. The van der Waals surface area contributed by atoms with Gasteiger partial charge in [-0.1, -0.05) is 36.4 Å². The summed E-state index contributed by atoms with van der Waals surface area (Å²) in [6.45, 7) is 5.68. The van der Waals surface area contributed by atoms with Gasteiger partial charge in [-0.05, 0) is 31.2 Å². The highest BCUT2D eigenvalue weighted by molar-refractivity contribution is 5.95. The Morgan fingerprint density at radius 2 is 1.81 bits per heavy atom. The molecule has 0 fully saturated rings. The molecule has 2 aromatic heterocycles. The summed E-state index contributed by atoms with van der Waals surface area (Å²) in [7, 11) is 0. The van der Waals surface area contributed by atoms with Gasteiger partial charge in [-0.25, -0.2) is 4.98 Å². The summed E-state index contributed by atoms with van der Waals surface area (Å²) >= 11 is 0. The van der Waals surface area contributed by atoms with Crippen LogP contribution in [0.4, 0.5) is 0 Å². The Morgan fingerprint density at radius 3 is 2.59 bits per heavy atom. The summed E-state index contributed by atoms with van der Waals surface area (Å²) < 4.78 is 3.89. The Morgan fingerprint density at radius 1 is 1.07 bits per heavy atom. The molecular formula is C22H22N4O. The van der Waals surface area contributed by atoms with Crippen LogP contribution < -0.4 is 11.3 Å². The van der Waals surface area contributed by atoms with Crippen LogP contribution in [0.3, 0.4) is 0 Å². The summed E-state index contributed by atoms with van der Waals surface area (Å²) in [5.74, 6) is 0. The second kappa shape index (κ2) is 7.21. The molecule has 4 rings (SSSR count). The summed E-state index contributed by atoms with van der Waals surface area (Å²) in [6.07, 6.45) is 4.64. The van der Waals surface area contributed by atoms with Crippen LogP contribution in [0.25, 0.3) is 33.2 Å². The van der Waals surface area contributed by atoms with Gasteiger partial charge in [-0.3, -0.25) is 4.79 Å². The van der Waals surface area contributed by atoms with Gasteiger partial charge in [0.25, 0.3) is 5.56 Å². The molecule has 0 saturated carbocycles. The standard InChI is InChI=1S/C22H22N4O/c1-2-13-26-20-11-6-4-9-18(20)24-21(22(26)27)17-15-25(14-7-12-23)19-10-5-3-8-16(17)19/h2-6,8-11,15H,1,7,12-14,23H2. The van der Waals surface area contributed by atoms with Gasteiger partial charge in [0.1, 0.15) is 5.69 Å². The van der Waals surface area contributed by atoms with E-state index in [4.69, 9.17) is 10.7 Å². The first-order chi connectivity index (χ1) is 13.2. The van der Waals surface area contributed by atoms with Gasteiger partial charge < -0.3 is 14.9 Å². The van der Waals surface area contributed by atoms with Crippen LogP contribution in [0.1, 0.15) is 6.42 Å². The molecule has 0 atom stereocenters. The number of nitrogens with zero attached hydrogens (tertiary/aromatic N) is 3. The molecule has 4 aromatic rings. The molecule has 0 amide bonds. The summed E-state index contributed by atoms with van der Waals surface area (Å²) in [6, 6.07) is 15.8. The highest BCUT2D eigenvalue weighted by atomic mass is 16.1. The lowest BCUT2D eigenvalue weighted by atomic mass is 10.1. The number of hydrogen-bond acceptors (Lipinski definition) is 3. The molecule has 136 valence electrons. The SMILES string of the molecule is C=CCn1c(=O)c(-c2cn(CCCN)c3ccccc23)nc2ccccc21. The Bertz CT molecular complexity index is 1190. The Balaban J connectivity index is 2.01. The fourth-order valence-corrected chi connectivity index (χ4v) is 3.56. The second-order valence-corrected chi connectivity index (χ2v) is 6.55. The van der Waals surface area contributed by atoms with E-state index in [9.17, 15) is 4.79 Å². The third-order valence-corrected chi connectivity index (χ3v) is 4.81. The fourth-order valence-electron chi connectivity index (χ4n) is 3.56. The number of nitrogens with two attached hydrogens (primary N) is 1. The lowest BCUT2D eigenvalue weighted by Gasteiger charge is -2.10. The van der Waals surface area contributed by atoms with Gasteiger partial charge in [-0.2, -0.15) is 0 Å². The van der Waals surface area contributed by atoms with Crippen molar-refractivity contribution in [2.75, 3.05) is 6.54 Å². The number of rotatable bonds is 6. The molecule has 2 N–H and O–H groups in total. The highest BCUT2D eigenvalue weighted by Gasteiger charge is 2.17. The van der Waals surface area contributed by atoms with Crippen LogP contribution in [0.5, 0.6) is 0 Å². The number of allylic oxidation sites excluding steroid dienone is 1. The van der Waals surface area contributed by atoms with Crippen molar-refractivity contribution in [3.05, 3.63) is 77.7 Å². The number of aryl methyl sites for hydroxylation is 1. The smallest absolute Gasteiger partial charge is 0.277 e. The Hall–Kier alpha value is -3.18. The first kappa shape index (κ1) is 17.2. The maximum Gasteiger partial charge on any atom is 0.277 e. The molecule has 0 unspecified atom stereocenters. The first-order valence-electron chi connectivity index (χ1n) is 9.13. The average molecular weight is 358 g/mol. The predicted molar refractivity (Wildman–Crippen MR) is 111 cm³/mol. The molecule has 27 heavy (non-hydrogen) atoms.